The first-order chi connectivity index (χ1) is 6.11. The number of fused-ring (bicyclic) bond motifs is 1. The second-order valence-corrected chi connectivity index (χ2v) is 4.75. The monoisotopic (exact) mass is 234 g/mol. The lowest BCUT2D eigenvalue weighted by Crippen LogP contribution is -1.77. The summed E-state index contributed by atoms with van der Waals surface area (Å²) in [7, 11) is 0. The molecule has 0 unspecified atom stereocenters. The molecule has 0 aliphatic heterocycles. The standard InChI is InChI=1S/C9H5Cl2FS/c1-4-8(11)7-6(13-4)3-2-5(10)9(7)12/h2-3H,1H3. The number of benzene rings is 1. The number of thiophene rings is 1. The van der Waals surface area contributed by atoms with Gasteiger partial charge in [-0.3, -0.25) is 0 Å². The largest absolute Gasteiger partial charge is 0.205 e. The van der Waals surface area contributed by atoms with Crippen LogP contribution >= 0.6 is 34.5 Å². The van der Waals surface area contributed by atoms with Crippen LogP contribution in [0, 0.1) is 12.7 Å². The van der Waals surface area contributed by atoms with Gasteiger partial charge in [0.25, 0.3) is 0 Å². The average molecular weight is 235 g/mol. The highest BCUT2D eigenvalue weighted by Crippen LogP contribution is 2.38. The van der Waals surface area contributed by atoms with Crippen LogP contribution in [0.4, 0.5) is 4.39 Å². The second kappa shape index (κ2) is 3.12. The molecule has 0 fully saturated rings. The van der Waals surface area contributed by atoms with Crippen LogP contribution in [0.3, 0.4) is 0 Å². The maximum Gasteiger partial charge on any atom is 0.151 e. The Morgan fingerprint density at radius 3 is 2.69 bits per heavy atom. The number of hydrogen-bond acceptors (Lipinski definition) is 1. The van der Waals surface area contributed by atoms with E-state index < -0.39 is 5.82 Å². The van der Waals surface area contributed by atoms with Crippen LogP contribution in [0.1, 0.15) is 4.88 Å². The quantitative estimate of drug-likeness (QED) is 0.623. The minimum absolute atomic E-state index is 0.118. The Morgan fingerprint density at radius 1 is 1.31 bits per heavy atom. The van der Waals surface area contributed by atoms with E-state index in [-0.39, 0.29) is 5.02 Å². The van der Waals surface area contributed by atoms with E-state index in [0.29, 0.717) is 10.4 Å². The van der Waals surface area contributed by atoms with Crippen molar-refractivity contribution in [3.63, 3.8) is 0 Å². The van der Waals surface area contributed by atoms with Gasteiger partial charge < -0.3 is 0 Å². The van der Waals surface area contributed by atoms with Crippen LogP contribution < -0.4 is 0 Å². The maximum atomic E-state index is 13.5. The lowest BCUT2D eigenvalue weighted by atomic mass is 10.2. The van der Waals surface area contributed by atoms with Crippen molar-refractivity contribution >= 4 is 44.6 Å². The van der Waals surface area contributed by atoms with Gasteiger partial charge in [0, 0.05) is 15.0 Å². The van der Waals surface area contributed by atoms with Gasteiger partial charge in [0.15, 0.2) is 5.82 Å². The van der Waals surface area contributed by atoms with Crippen LogP contribution in [0.15, 0.2) is 12.1 Å². The van der Waals surface area contributed by atoms with Gasteiger partial charge in [-0.15, -0.1) is 11.3 Å². The van der Waals surface area contributed by atoms with Crippen molar-refractivity contribution in [2.24, 2.45) is 0 Å². The van der Waals surface area contributed by atoms with E-state index in [1.807, 2.05) is 6.92 Å². The molecule has 2 rings (SSSR count). The topological polar surface area (TPSA) is 0 Å². The summed E-state index contributed by atoms with van der Waals surface area (Å²) in [5.41, 5.74) is 0. The predicted octanol–water partition coefficient (Wildman–Crippen LogP) is 4.66. The Bertz CT molecular complexity index is 476. The third-order valence-electron chi connectivity index (χ3n) is 1.85. The Hall–Kier alpha value is -0.310. The minimum Gasteiger partial charge on any atom is -0.205 e. The van der Waals surface area contributed by atoms with Crippen molar-refractivity contribution in [2.45, 2.75) is 6.92 Å². The Kier molecular flexibility index (Phi) is 2.22. The molecule has 0 N–H and O–H groups in total. The molecule has 0 radical (unpaired) electrons. The first-order valence-corrected chi connectivity index (χ1v) is 5.21. The fourth-order valence-corrected chi connectivity index (χ4v) is 2.67. The summed E-state index contributed by atoms with van der Waals surface area (Å²) in [5.74, 6) is -0.423. The van der Waals surface area contributed by atoms with Crippen molar-refractivity contribution in [1.82, 2.24) is 0 Å². The minimum atomic E-state index is -0.423. The SMILES string of the molecule is Cc1sc2ccc(Cl)c(F)c2c1Cl. The molecule has 1 heterocycles. The fraction of sp³-hybridized carbons (Fsp3) is 0.111. The summed E-state index contributed by atoms with van der Waals surface area (Å²) in [4.78, 5) is 0.915. The molecule has 1 aromatic carbocycles. The smallest absolute Gasteiger partial charge is 0.151 e. The molecule has 0 amide bonds. The second-order valence-electron chi connectivity index (χ2n) is 2.71. The maximum absolute atomic E-state index is 13.5. The molecule has 0 bridgehead atoms. The molecule has 13 heavy (non-hydrogen) atoms. The summed E-state index contributed by atoms with van der Waals surface area (Å²) >= 11 is 13.0. The van der Waals surface area contributed by atoms with E-state index in [1.165, 1.54) is 11.3 Å². The molecule has 68 valence electrons. The molecule has 1 aromatic heterocycles. The first-order valence-electron chi connectivity index (χ1n) is 3.64. The number of halogens is 3. The zero-order chi connectivity index (χ0) is 9.59. The lowest BCUT2D eigenvalue weighted by Gasteiger charge is -1.95. The van der Waals surface area contributed by atoms with Crippen LogP contribution in [0.25, 0.3) is 10.1 Å². The molecular weight excluding hydrogens is 230 g/mol. The highest BCUT2D eigenvalue weighted by molar-refractivity contribution is 7.19. The third kappa shape index (κ3) is 1.33. The van der Waals surface area contributed by atoms with Crippen LogP contribution in [0.5, 0.6) is 0 Å². The van der Waals surface area contributed by atoms with Crippen molar-refractivity contribution in [3.05, 3.63) is 32.9 Å². The molecule has 0 saturated carbocycles. The van der Waals surface area contributed by atoms with E-state index in [0.717, 1.165) is 9.58 Å². The van der Waals surface area contributed by atoms with E-state index in [1.54, 1.807) is 12.1 Å². The normalized spacial score (nSPS) is 11.1. The number of aryl methyl sites for hydroxylation is 1. The summed E-state index contributed by atoms with van der Waals surface area (Å²) in [6.45, 7) is 1.86. The van der Waals surface area contributed by atoms with Crippen molar-refractivity contribution < 1.29 is 4.39 Å². The van der Waals surface area contributed by atoms with E-state index in [4.69, 9.17) is 23.2 Å². The molecule has 0 saturated heterocycles. The molecule has 0 spiro atoms. The fourth-order valence-electron chi connectivity index (χ4n) is 1.21. The summed E-state index contributed by atoms with van der Waals surface area (Å²) in [6, 6.07) is 3.33. The van der Waals surface area contributed by atoms with Crippen molar-refractivity contribution in [1.29, 1.82) is 0 Å². The molecule has 0 aliphatic rings. The van der Waals surface area contributed by atoms with E-state index >= 15 is 0 Å². The molecular formula is C9H5Cl2FS. The summed E-state index contributed by atoms with van der Waals surface area (Å²) < 4.78 is 14.3. The third-order valence-corrected chi connectivity index (χ3v) is 3.80. The zero-order valence-electron chi connectivity index (χ0n) is 6.70. The molecule has 0 atom stereocenters. The Balaban J connectivity index is 2.97. The predicted molar refractivity (Wildman–Crippen MR) is 56.5 cm³/mol. The number of hydrogen-bond donors (Lipinski definition) is 0. The van der Waals surface area contributed by atoms with Gasteiger partial charge in [-0.2, -0.15) is 0 Å². The molecule has 0 aliphatic carbocycles. The van der Waals surface area contributed by atoms with Crippen molar-refractivity contribution in [3.8, 4) is 0 Å². The molecule has 0 nitrogen and oxygen atoms in total. The first kappa shape index (κ1) is 9.25. The Morgan fingerprint density at radius 2 is 2.00 bits per heavy atom. The van der Waals surface area contributed by atoms with Crippen molar-refractivity contribution in [2.75, 3.05) is 0 Å². The van der Waals surface area contributed by atoms with Gasteiger partial charge in [-0.25, -0.2) is 4.39 Å². The molecule has 2 aromatic rings. The van der Waals surface area contributed by atoms with Crippen LogP contribution in [-0.2, 0) is 0 Å². The summed E-state index contributed by atoms with van der Waals surface area (Å²) in [6.07, 6.45) is 0. The van der Waals surface area contributed by atoms with Gasteiger partial charge in [0.05, 0.1) is 10.0 Å². The lowest BCUT2D eigenvalue weighted by molar-refractivity contribution is 0.640. The highest BCUT2D eigenvalue weighted by atomic mass is 35.5. The molecule has 4 heteroatoms. The van der Waals surface area contributed by atoms with Gasteiger partial charge in [0.1, 0.15) is 0 Å². The van der Waals surface area contributed by atoms with Gasteiger partial charge >= 0.3 is 0 Å². The summed E-state index contributed by atoms with van der Waals surface area (Å²) in [5, 5.41) is 1.03. The van der Waals surface area contributed by atoms with Gasteiger partial charge in [-0.05, 0) is 19.1 Å². The van der Waals surface area contributed by atoms with E-state index in [9.17, 15) is 4.39 Å². The zero-order valence-corrected chi connectivity index (χ0v) is 9.03. The highest BCUT2D eigenvalue weighted by Gasteiger charge is 2.13. The van der Waals surface area contributed by atoms with Gasteiger partial charge in [0.2, 0.25) is 0 Å². The van der Waals surface area contributed by atoms with E-state index in [2.05, 4.69) is 0 Å². The number of rotatable bonds is 0. The average Bonchev–Trinajstić information content (AvgIpc) is 2.37. The van der Waals surface area contributed by atoms with Crippen LogP contribution in [-0.4, -0.2) is 0 Å². The Labute approximate surface area is 88.9 Å². The van der Waals surface area contributed by atoms with Gasteiger partial charge in [-0.1, -0.05) is 23.2 Å². The van der Waals surface area contributed by atoms with Crippen LogP contribution in [0.2, 0.25) is 10.0 Å².